The molecule has 0 atom stereocenters. The van der Waals surface area contributed by atoms with Crippen LogP contribution in [0.3, 0.4) is 0 Å². The molecular weight excluding hydrogens is 276 g/mol. The number of fused-ring (bicyclic) bond motifs is 1. The third kappa shape index (κ3) is 2.46. The minimum atomic E-state index is -3.40. The Morgan fingerprint density at radius 3 is 2.60 bits per heavy atom. The van der Waals surface area contributed by atoms with E-state index in [1.807, 2.05) is 0 Å². The molecule has 0 radical (unpaired) electrons. The van der Waals surface area contributed by atoms with Crippen molar-refractivity contribution in [2.75, 3.05) is 39.8 Å². The van der Waals surface area contributed by atoms with Gasteiger partial charge in [0.1, 0.15) is 5.75 Å². The number of phenolic OH excluding ortho intramolecular Hbond substituents is 1. The lowest BCUT2D eigenvalue weighted by molar-refractivity contribution is 0.168. The molecule has 1 saturated heterocycles. The molecule has 1 aromatic rings. The van der Waals surface area contributed by atoms with E-state index in [0.717, 1.165) is 37.3 Å². The highest BCUT2D eigenvalue weighted by Crippen LogP contribution is 2.35. The normalized spacial score (nSPS) is 22.6. The number of sulfone groups is 1. The lowest BCUT2D eigenvalue weighted by atomic mass is 10.1. The smallest absolute Gasteiger partial charge is 0.200 e. The van der Waals surface area contributed by atoms with E-state index in [9.17, 15) is 13.5 Å². The first-order valence-electron chi connectivity index (χ1n) is 6.66. The van der Waals surface area contributed by atoms with Crippen LogP contribution < -0.4 is 0 Å². The van der Waals surface area contributed by atoms with Crippen molar-refractivity contribution in [1.29, 1.82) is 0 Å². The Morgan fingerprint density at radius 2 is 1.90 bits per heavy atom. The van der Waals surface area contributed by atoms with E-state index in [-0.39, 0.29) is 10.6 Å². The number of benzene rings is 1. The van der Waals surface area contributed by atoms with Crippen LogP contribution in [0.2, 0.25) is 0 Å². The number of phenols is 1. The van der Waals surface area contributed by atoms with Crippen LogP contribution in [0.15, 0.2) is 28.5 Å². The van der Waals surface area contributed by atoms with Gasteiger partial charge in [-0.25, -0.2) is 8.42 Å². The minimum absolute atomic E-state index is 0.0124. The molecule has 3 rings (SSSR count). The molecule has 0 spiro atoms. The predicted octanol–water partition coefficient (Wildman–Crippen LogP) is 0.768. The lowest BCUT2D eigenvalue weighted by Gasteiger charge is -2.32. The Kier molecular flexibility index (Phi) is 3.32. The zero-order valence-electron chi connectivity index (χ0n) is 11.4. The average molecular weight is 294 g/mol. The molecule has 108 valence electrons. The van der Waals surface area contributed by atoms with Crippen LogP contribution in [0.5, 0.6) is 5.75 Å². The summed E-state index contributed by atoms with van der Waals surface area (Å²) in [5.41, 5.74) is 1.55. The van der Waals surface area contributed by atoms with Crippen LogP contribution in [0.25, 0.3) is 5.57 Å². The third-order valence-corrected chi connectivity index (χ3v) is 5.45. The van der Waals surface area contributed by atoms with Crippen LogP contribution in [-0.2, 0) is 9.84 Å². The summed E-state index contributed by atoms with van der Waals surface area (Å²) in [7, 11) is -1.31. The van der Waals surface area contributed by atoms with Gasteiger partial charge in [-0.15, -0.1) is 0 Å². The summed E-state index contributed by atoms with van der Waals surface area (Å²) in [4.78, 5) is 4.76. The molecule has 1 aromatic carbocycles. The van der Waals surface area contributed by atoms with Crippen LogP contribution in [0, 0.1) is 0 Å². The first kappa shape index (κ1) is 13.6. The summed E-state index contributed by atoms with van der Waals surface area (Å²) in [5, 5.41) is 10.8. The van der Waals surface area contributed by atoms with E-state index < -0.39 is 9.84 Å². The number of likely N-dealkylation sites (N-methyl/N-ethyl adjacent to an activating group) is 1. The van der Waals surface area contributed by atoms with Gasteiger partial charge < -0.3 is 10.0 Å². The number of aromatic hydroxyl groups is 1. The highest BCUT2D eigenvalue weighted by atomic mass is 32.2. The van der Waals surface area contributed by atoms with E-state index in [0.29, 0.717) is 6.54 Å². The van der Waals surface area contributed by atoms with Crippen molar-refractivity contribution in [3.63, 3.8) is 0 Å². The molecule has 20 heavy (non-hydrogen) atoms. The summed E-state index contributed by atoms with van der Waals surface area (Å²) in [6.45, 7) is 4.54. The largest absolute Gasteiger partial charge is 0.508 e. The minimum Gasteiger partial charge on any atom is -0.508 e. The Labute approximate surface area is 119 Å². The molecular formula is C14H18N2O3S. The van der Waals surface area contributed by atoms with Gasteiger partial charge in [0.25, 0.3) is 0 Å². The van der Waals surface area contributed by atoms with Gasteiger partial charge in [0.2, 0.25) is 9.84 Å². The molecule has 2 heterocycles. The Balaban J connectivity index is 1.86. The van der Waals surface area contributed by atoms with E-state index >= 15 is 0 Å². The second-order valence-electron chi connectivity index (χ2n) is 5.45. The van der Waals surface area contributed by atoms with Crippen molar-refractivity contribution in [3.8, 4) is 5.75 Å². The highest BCUT2D eigenvalue weighted by molar-refractivity contribution is 7.95. The van der Waals surface area contributed by atoms with Crippen molar-refractivity contribution < 1.29 is 13.5 Å². The maximum atomic E-state index is 12.1. The monoisotopic (exact) mass is 294 g/mol. The molecule has 0 aromatic heterocycles. The molecule has 5 nitrogen and oxygen atoms in total. The van der Waals surface area contributed by atoms with Crippen LogP contribution >= 0.6 is 0 Å². The van der Waals surface area contributed by atoms with Crippen LogP contribution in [0.1, 0.15) is 5.56 Å². The first-order chi connectivity index (χ1) is 9.45. The van der Waals surface area contributed by atoms with Crippen molar-refractivity contribution in [3.05, 3.63) is 29.2 Å². The molecule has 0 unspecified atom stereocenters. The Bertz CT molecular complexity index is 659. The zero-order valence-corrected chi connectivity index (χ0v) is 12.2. The quantitative estimate of drug-likeness (QED) is 0.873. The van der Waals surface area contributed by atoms with E-state index in [1.165, 1.54) is 17.5 Å². The van der Waals surface area contributed by atoms with Gasteiger partial charge in [0.15, 0.2) is 0 Å². The van der Waals surface area contributed by atoms with Gasteiger partial charge in [-0.2, -0.15) is 0 Å². The average Bonchev–Trinajstić information content (AvgIpc) is 2.64. The molecule has 0 saturated carbocycles. The summed E-state index contributed by atoms with van der Waals surface area (Å²) >= 11 is 0. The van der Waals surface area contributed by atoms with Gasteiger partial charge in [-0.05, 0) is 36.4 Å². The Hall–Kier alpha value is -1.37. The molecule has 2 aliphatic rings. The van der Waals surface area contributed by atoms with Gasteiger partial charge in [-0.1, -0.05) is 0 Å². The number of piperazine rings is 1. The number of nitrogens with zero attached hydrogens (tertiary/aromatic N) is 2. The molecule has 1 fully saturated rings. The standard InChI is InChI=1S/C14H18N2O3S/c1-15-4-6-16(7-5-15)9-11-10-20(18,19)14-8-12(17)2-3-13(11)14/h2-3,8,10,17H,4-7,9H2,1H3. The van der Waals surface area contributed by atoms with E-state index in [1.54, 1.807) is 6.07 Å². The van der Waals surface area contributed by atoms with Gasteiger partial charge in [0.05, 0.1) is 4.90 Å². The number of hydrogen-bond acceptors (Lipinski definition) is 5. The van der Waals surface area contributed by atoms with Crippen LogP contribution in [-0.4, -0.2) is 63.1 Å². The number of rotatable bonds is 2. The van der Waals surface area contributed by atoms with Crippen molar-refractivity contribution in [2.24, 2.45) is 0 Å². The topological polar surface area (TPSA) is 60.9 Å². The fourth-order valence-corrected chi connectivity index (χ4v) is 4.19. The summed E-state index contributed by atoms with van der Waals surface area (Å²) < 4.78 is 24.2. The summed E-state index contributed by atoms with van der Waals surface area (Å²) in [6.07, 6.45) is 0. The summed E-state index contributed by atoms with van der Waals surface area (Å²) in [6, 6.07) is 4.56. The molecule has 0 aliphatic carbocycles. The number of hydrogen-bond donors (Lipinski definition) is 1. The van der Waals surface area contributed by atoms with Gasteiger partial charge in [0, 0.05) is 38.1 Å². The highest BCUT2D eigenvalue weighted by Gasteiger charge is 2.28. The van der Waals surface area contributed by atoms with Crippen molar-refractivity contribution in [2.45, 2.75) is 4.90 Å². The van der Waals surface area contributed by atoms with Gasteiger partial charge in [-0.3, -0.25) is 4.90 Å². The molecule has 0 amide bonds. The molecule has 6 heteroatoms. The van der Waals surface area contributed by atoms with E-state index in [4.69, 9.17) is 0 Å². The summed E-state index contributed by atoms with van der Waals surface area (Å²) in [5.74, 6) is -0.0124. The Morgan fingerprint density at radius 1 is 1.20 bits per heavy atom. The second kappa shape index (κ2) is 4.87. The SMILES string of the molecule is CN1CCN(CC2=CS(=O)(=O)c3cc(O)ccc32)CC1. The van der Waals surface area contributed by atoms with Gasteiger partial charge >= 0.3 is 0 Å². The molecule has 1 N–H and O–H groups in total. The zero-order chi connectivity index (χ0) is 14.3. The fraction of sp³-hybridized carbons (Fsp3) is 0.429. The van der Waals surface area contributed by atoms with E-state index in [2.05, 4.69) is 16.8 Å². The maximum Gasteiger partial charge on any atom is 0.200 e. The lowest BCUT2D eigenvalue weighted by Crippen LogP contribution is -2.44. The van der Waals surface area contributed by atoms with Crippen molar-refractivity contribution >= 4 is 15.4 Å². The third-order valence-electron chi connectivity index (χ3n) is 3.90. The predicted molar refractivity (Wildman–Crippen MR) is 77.2 cm³/mol. The molecule has 2 aliphatic heterocycles. The first-order valence-corrected chi connectivity index (χ1v) is 8.20. The van der Waals surface area contributed by atoms with Crippen molar-refractivity contribution in [1.82, 2.24) is 9.80 Å². The maximum absolute atomic E-state index is 12.1. The second-order valence-corrected chi connectivity index (χ2v) is 7.21. The molecule has 0 bridgehead atoms. The van der Waals surface area contributed by atoms with Crippen LogP contribution in [0.4, 0.5) is 0 Å². The fourth-order valence-electron chi connectivity index (χ4n) is 2.70.